The fraction of sp³-hybridized carbons (Fsp3) is 0.353. The van der Waals surface area contributed by atoms with E-state index in [4.69, 9.17) is 16.3 Å². The molecule has 24 heavy (non-hydrogen) atoms. The number of benzene rings is 1. The number of rotatable bonds is 4. The summed E-state index contributed by atoms with van der Waals surface area (Å²) in [4.78, 5) is 14.0. The van der Waals surface area contributed by atoms with Gasteiger partial charge in [-0.05, 0) is 30.7 Å². The topological polar surface area (TPSA) is 67.3 Å². The number of nitrogens with zero attached hydrogens (tertiary/aromatic N) is 3. The first kappa shape index (κ1) is 16.5. The van der Waals surface area contributed by atoms with Gasteiger partial charge < -0.3 is 15.0 Å². The smallest absolute Gasteiger partial charge is 0.317 e. The quantitative estimate of drug-likeness (QED) is 0.924. The molecule has 1 fully saturated rings. The minimum absolute atomic E-state index is 0.0525. The zero-order valence-corrected chi connectivity index (χ0v) is 14.2. The standard InChI is InChI=1S/C17H19ClN4O2/c1-12-2-7-16(21-20-12)24-15-8-9-22(11-15)17(23)19-10-13-3-5-14(18)6-4-13/h2-7,15H,8-11H2,1H3,(H,19,23). The first-order valence-corrected chi connectivity index (χ1v) is 8.22. The summed E-state index contributed by atoms with van der Waals surface area (Å²) >= 11 is 5.85. The average molecular weight is 347 g/mol. The van der Waals surface area contributed by atoms with Gasteiger partial charge in [0.05, 0.1) is 12.2 Å². The van der Waals surface area contributed by atoms with Crippen molar-refractivity contribution in [1.82, 2.24) is 20.4 Å². The molecule has 0 bridgehead atoms. The number of hydrogen-bond donors (Lipinski definition) is 1. The Morgan fingerprint density at radius 1 is 1.29 bits per heavy atom. The van der Waals surface area contributed by atoms with Gasteiger partial charge in [-0.2, -0.15) is 5.10 Å². The average Bonchev–Trinajstić information content (AvgIpc) is 3.05. The van der Waals surface area contributed by atoms with Gasteiger partial charge in [-0.1, -0.05) is 23.7 Å². The van der Waals surface area contributed by atoms with Crippen LogP contribution in [0.4, 0.5) is 4.79 Å². The maximum atomic E-state index is 12.2. The first-order valence-electron chi connectivity index (χ1n) is 7.84. The molecular weight excluding hydrogens is 328 g/mol. The highest BCUT2D eigenvalue weighted by Gasteiger charge is 2.27. The van der Waals surface area contributed by atoms with Crippen LogP contribution in [-0.2, 0) is 6.54 Å². The predicted molar refractivity (Wildman–Crippen MR) is 91.1 cm³/mol. The lowest BCUT2D eigenvalue weighted by atomic mass is 10.2. The van der Waals surface area contributed by atoms with Crippen molar-refractivity contribution in [1.29, 1.82) is 0 Å². The molecule has 2 amide bonds. The third-order valence-corrected chi connectivity index (χ3v) is 4.10. The monoisotopic (exact) mass is 346 g/mol. The third kappa shape index (κ3) is 4.35. The Morgan fingerprint density at radius 2 is 2.08 bits per heavy atom. The van der Waals surface area contributed by atoms with E-state index in [1.54, 1.807) is 11.0 Å². The minimum atomic E-state index is -0.0916. The summed E-state index contributed by atoms with van der Waals surface area (Å²) in [5.74, 6) is 0.494. The Hall–Kier alpha value is -2.34. The summed E-state index contributed by atoms with van der Waals surface area (Å²) < 4.78 is 5.78. The van der Waals surface area contributed by atoms with E-state index < -0.39 is 0 Å². The minimum Gasteiger partial charge on any atom is -0.471 e. The number of hydrogen-bond acceptors (Lipinski definition) is 4. The molecule has 6 nitrogen and oxygen atoms in total. The van der Waals surface area contributed by atoms with Crippen molar-refractivity contribution in [3.8, 4) is 5.88 Å². The molecule has 1 unspecified atom stereocenters. The molecule has 1 N–H and O–H groups in total. The molecule has 1 aliphatic rings. The van der Waals surface area contributed by atoms with E-state index in [-0.39, 0.29) is 12.1 Å². The van der Waals surface area contributed by atoms with Crippen LogP contribution < -0.4 is 10.1 Å². The highest BCUT2D eigenvalue weighted by atomic mass is 35.5. The molecule has 0 aliphatic carbocycles. The molecule has 1 aromatic carbocycles. The van der Waals surface area contributed by atoms with Gasteiger partial charge in [0.1, 0.15) is 6.10 Å². The fourth-order valence-electron chi connectivity index (χ4n) is 2.52. The fourth-order valence-corrected chi connectivity index (χ4v) is 2.65. The number of aryl methyl sites for hydroxylation is 1. The molecule has 3 rings (SSSR count). The van der Waals surface area contributed by atoms with Crippen LogP contribution in [0.25, 0.3) is 0 Å². The number of halogens is 1. The lowest BCUT2D eigenvalue weighted by Gasteiger charge is -2.17. The van der Waals surface area contributed by atoms with Crippen molar-refractivity contribution in [2.45, 2.75) is 26.0 Å². The number of aromatic nitrogens is 2. The first-order chi connectivity index (χ1) is 11.6. The summed E-state index contributed by atoms with van der Waals surface area (Å²) in [6.07, 6.45) is 0.729. The molecular formula is C17H19ClN4O2. The summed E-state index contributed by atoms with van der Waals surface area (Å²) in [5.41, 5.74) is 1.85. The van der Waals surface area contributed by atoms with Gasteiger partial charge in [0, 0.05) is 30.6 Å². The third-order valence-electron chi connectivity index (χ3n) is 3.85. The Balaban J connectivity index is 1.46. The Kier molecular flexibility index (Phi) is 5.15. The summed E-state index contributed by atoms with van der Waals surface area (Å²) in [6.45, 7) is 3.55. The lowest BCUT2D eigenvalue weighted by molar-refractivity contribution is 0.182. The van der Waals surface area contributed by atoms with Gasteiger partial charge in [0.2, 0.25) is 5.88 Å². The second kappa shape index (κ2) is 7.49. The maximum Gasteiger partial charge on any atom is 0.317 e. The maximum absolute atomic E-state index is 12.2. The molecule has 0 radical (unpaired) electrons. The van der Waals surface area contributed by atoms with Gasteiger partial charge in [-0.3, -0.25) is 0 Å². The van der Waals surface area contributed by atoms with Crippen LogP contribution in [0.15, 0.2) is 36.4 Å². The number of amides is 2. The van der Waals surface area contributed by atoms with E-state index in [0.717, 1.165) is 17.7 Å². The Morgan fingerprint density at radius 3 is 2.79 bits per heavy atom. The molecule has 1 aromatic heterocycles. The van der Waals surface area contributed by atoms with E-state index in [0.29, 0.717) is 30.5 Å². The van der Waals surface area contributed by atoms with Crippen molar-refractivity contribution >= 4 is 17.6 Å². The van der Waals surface area contributed by atoms with Crippen LogP contribution in [0.3, 0.4) is 0 Å². The van der Waals surface area contributed by atoms with Crippen LogP contribution in [0.5, 0.6) is 5.88 Å². The summed E-state index contributed by atoms with van der Waals surface area (Å²) in [5, 5.41) is 11.6. The molecule has 2 heterocycles. The molecule has 1 aliphatic heterocycles. The van der Waals surface area contributed by atoms with E-state index in [1.165, 1.54) is 0 Å². The number of likely N-dealkylation sites (tertiary alicyclic amines) is 1. The van der Waals surface area contributed by atoms with E-state index in [1.807, 2.05) is 37.3 Å². The normalized spacial score (nSPS) is 16.9. The van der Waals surface area contributed by atoms with Crippen molar-refractivity contribution in [3.63, 3.8) is 0 Å². The zero-order valence-electron chi connectivity index (χ0n) is 13.4. The van der Waals surface area contributed by atoms with Gasteiger partial charge >= 0.3 is 6.03 Å². The predicted octanol–water partition coefficient (Wildman–Crippen LogP) is 2.80. The molecule has 1 atom stereocenters. The van der Waals surface area contributed by atoms with Gasteiger partial charge in [-0.15, -0.1) is 5.10 Å². The van der Waals surface area contributed by atoms with Crippen molar-refractivity contribution in [3.05, 3.63) is 52.7 Å². The largest absolute Gasteiger partial charge is 0.471 e. The van der Waals surface area contributed by atoms with Crippen molar-refractivity contribution in [2.24, 2.45) is 0 Å². The molecule has 126 valence electrons. The highest BCUT2D eigenvalue weighted by Crippen LogP contribution is 2.16. The van der Waals surface area contributed by atoms with Gasteiger partial charge in [-0.25, -0.2) is 4.79 Å². The van der Waals surface area contributed by atoms with E-state index in [2.05, 4.69) is 15.5 Å². The molecule has 1 saturated heterocycles. The number of carbonyl (C=O) groups is 1. The molecule has 0 spiro atoms. The van der Waals surface area contributed by atoms with Crippen LogP contribution in [0, 0.1) is 6.92 Å². The van der Waals surface area contributed by atoms with E-state index >= 15 is 0 Å². The van der Waals surface area contributed by atoms with Gasteiger partial charge in [0.15, 0.2) is 0 Å². The Bertz CT molecular complexity index is 691. The summed E-state index contributed by atoms with van der Waals surface area (Å²) in [6, 6.07) is 11.0. The van der Waals surface area contributed by atoms with Gasteiger partial charge in [0.25, 0.3) is 0 Å². The second-order valence-corrected chi connectivity index (χ2v) is 6.21. The van der Waals surface area contributed by atoms with Crippen LogP contribution in [0.2, 0.25) is 5.02 Å². The number of nitrogens with one attached hydrogen (secondary N) is 1. The number of carbonyl (C=O) groups excluding carboxylic acids is 1. The van der Waals surface area contributed by atoms with Crippen LogP contribution in [0.1, 0.15) is 17.7 Å². The number of urea groups is 1. The number of ether oxygens (including phenoxy) is 1. The van der Waals surface area contributed by atoms with Crippen molar-refractivity contribution < 1.29 is 9.53 Å². The molecule has 7 heteroatoms. The summed E-state index contributed by atoms with van der Waals surface area (Å²) in [7, 11) is 0. The molecule has 2 aromatic rings. The lowest BCUT2D eigenvalue weighted by Crippen LogP contribution is -2.39. The zero-order chi connectivity index (χ0) is 16.9. The van der Waals surface area contributed by atoms with E-state index in [9.17, 15) is 4.79 Å². The van der Waals surface area contributed by atoms with Crippen LogP contribution >= 0.6 is 11.6 Å². The molecule has 0 saturated carbocycles. The SMILES string of the molecule is Cc1ccc(OC2CCN(C(=O)NCc3ccc(Cl)cc3)C2)nn1. The Labute approximate surface area is 145 Å². The van der Waals surface area contributed by atoms with Crippen LogP contribution in [-0.4, -0.2) is 40.3 Å². The van der Waals surface area contributed by atoms with Crippen molar-refractivity contribution in [2.75, 3.05) is 13.1 Å². The highest BCUT2D eigenvalue weighted by molar-refractivity contribution is 6.30. The second-order valence-electron chi connectivity index (χ2n) is 5.77.